The lowest BCUT2D eigenvalue weighted by Gasteiger charge is -2.21. The SMILES string of the molecule is CNC(c1ccc(Cl)c(C)c1)c1cnccc1C(F)(F)F. The van der Waals surface area contributed by atoms with Gasteiger partial charge in [0, 0.05) is 23.0 Å². The van der Waals surface area contributed by atoms with Crippen LogP contribution < -0.4 is 5.32 Å². The maximum Gasteiger partial charge on any atom is 0.416 e. The van der Waals surface area contributed by atoms with Gasteiger partial charge in [-0.3, -0.25) is 4.98 Å². The summed E-state index contributed by atoms with van der Waals surface area (Å²) in [6, 6.07) is 5.55. The summed E-state index contributed by atoms with van der Waals surface area (Å²) in [5.74, 6) is 0. The maximum atomic E-state index is 13.1. The van der Waals surface area contributed by atoms with Crippen LogP contribution in [0.3, 0.4) is 0 Å². The monoisotopic (exact) mass is 314 g/mol. The minimum absolute atomic E-state index is 0.0919. The molecule has 2 rings (SSSR count). The summed E-state index contributed by atoms with van der Waals surface area (Å²) in [4.78, 5) is 3.83. The van der Waals surface area contributed by atoms with Crippen LogP contribution in [0.2, 0.25) is 5.02 Å². The molecule has 1 heterocycles. The van der Waals surface area contributed by atoms with Gasteiger partial charge in [-0.15, -0.1) is 0 Å². The van der Waals surface area contributed by atoms with Crippen molar-refractivity contribution in [3.05, 3.63) is 63.9 Å². The van der Waals surface area contributed by atoms with E-state index in [1.807, 2.05) is 6.92 Å². The second-order valence-electron chi connectivity index (χ2n) is 4.69. The summed E-state index contributed by atoms with van der Waals surface area (Å²) in [6.45, 7) is 1.81. The average Bonchev–Trinajstić information content (AvgIpc) is 2.43. The van der Waals surface area contributed by atoms with Gasteiger partial charge < -0.3 is 5.32 Å². The second-order valence-corrected chi connectivity index (χ2v) is 5.10. The van der Waals surface area contributed by atoms with Crippen molar-refractivity contribution < 1.29 is 13.2 Å². The van der Waals surface area contributed by atoms with E-state index >= 15 is 0 Å². The zero-order valence-corrected chi connectivity index (χ0v) is 12.3. The normalized spacial score (nSPS) is 13.2. The number of halogens is 4. The molecular weight excluding hydrogens is 301 g/mol. The molecule has 0 aliphatic carbocycles. The number of aromatic nitrogens is 1. The van der Waals surface area contributed by atoms with Gasteiger partial charge >= 0.3 is 6.18 Å². The minimum atomic E-state index is -4.42. The number of hydrogen-bond donors (Lipinski definition) is 1. The van der Waals surface area contributed by atoms with Gasteiger partial charge in [-0.25, -0.2) is 0 Å². The van der Waals surface area contributed by atoms with E-state index in [0.717, 1.165) is 17.8 Å². The summed E-state index contributed by atoms with van der Waals surface area (Å²) in [5, 5.41) is 3.49. The molecule has 1 aromatic carbocycles. The first-order valence-electron chi connectivity index (χ1n) is 6.29. The predicted molar refractivity (Wildman–Crippen MR) is 76.3 cm³/mol. The van der Waals surface area contributed by atoms with Crippen LogP contribution >= 0.6 is 11.6 Å². The second kappa shape index (κ2) is 6.03. The summed E-state index contributed by atoms with van der Waals surface area (Å²) < 4.78 is 39.4. The van der Waals surface area contributed by atoms with Crippen LogP contribution in [0, 0.1) is 6.92 Å². The number of pyridine rings is 1. The third-order valence-electron chi connectivity index (χ3n) is 3.27. The average molecular weight is 315 g/mol. The molecule has 1 aromatic heterocycles. The Morgan fingerprint density at radius 1 is 1.24 bits per heavy atom. The number of alkyl halides is 3. The van der Waals surface area contributed by atoms with E-state index < -0.39 is 17.8 Å². The smallest absolute Gasteiger partial charge is 0.309 e. The molecule has 21 heavy (non-hydrogen) atoms. The highest BCUT2D eigenvalue weighted by atomic mass is 35.5. The van der Waals surface area contributed by atoms with Gasteiger partial charge in [0.05, 0.1) is 11.6 Å². The van der Waals surface area contributed by atoms with E-state index in [1.165, 1.54) is 6.20 Å². The van der Waals surface area contributed by atoms with Crippen molar-refractivity contribution in [1.29, 1.82) is 0 Å². The van der Waals surface area contributed by atoms with Gasteiger partial charge in [0.15, 0.2) is 0 Å². The van der Waals surface area contributed by atoms with Crippen molar-refractivity contribution in [3.63, 3.8) is 0 Å². The van der Waals surface area contributed by atoms with Crippen molar-refractivity contribution in [2.75, 3.05) is 7.05 Å². The topological polar surface area (TPSA) is 24.9 Å². The first-order valence-corrected chi connectivity index (χ1v) is 6.67. The van der Waals surface area contributed by atoms with Crippen molar-refractivity contribution in [2.45, 2.75) is 19.1 Å². The van der Waals surface area contributed by atoms with E-state index in [4.69, 9.17) is 11.6 Å². The molecule has 0 saturated heterocycles. The molecule has 0 spiro atoms. The van der Waals surface area contributed by atoms with E-state index in [2.05, 4.69) is 10.3 Å². The van der Waals surface area contributed by atoms with E-state index in [9.17, 15) is 13.2 Å². The molecule has 0 radical (unpaired) electrons. The Hall–Kier alpha value is -1.59. The molecule has 1 unspecified atom stereocenters. The zero-order chi connectivity index (χ0) is 15.6. The molecule has 0 saturated carbocycles. The van der Waals surface area contributed by atoms with E-state index in [1.54, 1.807) is 25.2 Å². The first-order chi connectivity index (χ1) is 9.84. The number of benzene rings is 1. The van der Waals surface area contributed by atoms with Crippen LogP contribution in [0.1, 0.15) is 28.3 Å². The Morgan fingerprint density at radius 3 is 2.52 bits per heavy atom. The Bertz CT molecular complexity index is 641. The molecule has 2 aromatic rings. The number of nitrogens with one attached hydrogen (secondary N) is 1. The van der Waals surface area contributed by atoms with Crippen molar-refractivity contribution in [3.8, 4) is 0 Å². The van der Waals surface area contributed by atoms with E-state index in [-0.39, 0.29) is 5.56 Å². The first kappa shape index (κ1) is 15.8. The molecule has 112 valence electrons. The van der Waals surface area contributed by atoms with Crippen molar-refractivity contribution in [2.24, 2.45) is 0 Å². The molecule has 2 nitrogen and oxygen atoms in total. The largest absolute Gasteiger partial charge is 0.416 e. The third-order valence-corrected chi connectivity index (χ3v) is 3.70. The van der Waals surface area contributed by atoms with Gasteiger partial charge in [0.2, 0.25) is 0 Å². The summed E-state index contributed by atoms with van der Waals surface area (Å²) >= 11 is 5.97. The van der Waals surface area contributed by atoms with Crippen molar-refractivity contribution >= 4 is 11.6 Å². The highest BCUT2D eigenvalue weighted by Gasteiger charge is 2.35. The summed E-state index contributed by atoms with van der Waals surface area (Å²) in [7, 11) is 1.61. The molecule has 1 N–H and O–H groups in total. The zero-order valence-electron chi connectivity index (χ0n) is 11.5. The lowest BCUT2D eigenvalue weighted by molar-refractivity contribution is -0.138. The van der Waals surface area contributed by atoms with Crippen LogP contribution in [-0.2, 0) is 6.18 Å². The predicted octanol–water partition coefficient (Wildman–Crippen LogP) is 4.37. The van der Waals surface area contributed by atoms with Crippen LogP contribution in [0.4, 0.5) is 13.2 Å². The molecule has 0 fully saturated rings. The van der Waals surface area contributed by atoms with Gasteiger partial charge in [-0.1, -0.05) is 23.7 Å². The number of aryl methyl sites for hydroxylation is 1. The van der Waals surface area contributed by atoms with Crippen LogP contribution in [0.5, 0.6) is 0 Å². The van der Waals surface area contributed by atoms with Gasteiger partial charge in [-0.2, -0.15) is 13.2 Å². The van der Waals surface area contributed by atoms with Crippen LogP contribution in [0.25, 0.3) is 0 Å². The number of hydrogen-bond acceptors (Lipinski definition) is 2. The number of rotatable bonds is 3. The molecule has 0 bridgehead atoms. The quantitative estimate of drug-likeness (QED) is 0.910. The van der Waals surface area contributed by atoms with Gasteiger partial charge in [0.1, 0.15) is 0 Å². The van der Waals surface area contributed by atoms with Crippen molar-refractivity contribution in [1.82, 2.24) is 10.3 Å². The highest BCUT2D eigenvalue weighted by molar-refractivity contribution is 6.31. The van der Waals surface area contributed by atoms with Crippen LogP contribution in [0.15, 0.2) is 36.7 Å². The fourth-order valence-electron chi connectivity index (χ4n) is 2.24. The van der Waals surface area contributed by atoms with Gasteiger partial charge in [0.25, 0.3) is 0 Å². The molecule has 0 aliphatic heterocycles. The Kier molecular flexibility index (Phi) is 4.54. The minimum Gasteiger partial charge on any atom is -0.309 e. The Labute approximate surface area is 126 Å². The summed E-state index contributed by atoms with van der Waals surface area (Å²) in [5.41, 5.74) is 0.920. The maximum absolute atomic E-state index is 13.1. The molecule has 1 atom stereocenters. The molecule has 6 heteroatoms. The summed E-state index contributed by atoms with van der Waals surface area (Å²) in [6.07, 6.45) is -2.03. The van der Waals surface area contributed by atoms with Crippen LogP contribution in [-0.4, -0.2) is 12.0 Å². The highest BCUT2D eigenvalue weighted by Crippen LogP contribution is 2.36. The third kappa shape index (κ3) is 3.36. The Morgan fingerprint density at radius 2 is 1.95 bits per heavy atom. The Balaban J connectivity index is 2.54. The van der Waals surface area contributed by atoms with E-state index in [0.29, 0.717) is 10.6 Å². The molecular formula is C15H14ClF3N2. The lowest BCUT2D eigenvalue weighted by Crippen LogP contribution is -2.22. The standard InChI is InChI=1S/C15H14ClF3N2/c1-9-7-10(3-4-13(9)16)14(20-2)11-8-21-6-5-12(11)15(17,18)19/h3-8,14,20H,1-2H3. The number of nitrogens with zero attached hydrogens (tertiary/aromatic N) is 1. The fourth-order valence-corrected chi connectivity index (χ4v) is 2.36. The van der Waals surface area contributed by atoms with Gasteiger partial charge in [-0.05, 0) is 37.2 Å². The fraction of sp³-hybridized carbons (Fsp3) is 0.267. The molecule has 0 aliphatic rings. The molecule has 0 amide bonds. The lowest BCUT2D eigenvalue weighted by atomic mass is 9.95.